The van der Waals surface area contributed by atoms with Crippen LogP contribution in [-0.2, 0) is 9.59 Å². The lowest BCUT2D eigenvalue weighted by Gasteiger charge is -2.22. The van der Waals surface area contributed by atoms with Crippen molar-refractivity contribution in [2.75, 3.05) is 0 Å². The molecule has 2 atom stereocenters. The molecule has 18 heavy (non-hydrogen) atoms. The Morgan fingerprint density at radius 3 is 1.22 bits per heavy atom. The van der Waals surface area contributed by atoms with Crippen LogP contribution in [0.15, 0.2) is 10.2 Å². The smallest absolute Gasteiger partial charge is 0.246 e. The minimum Gasteiger partial charge on any atom is -0.368 e. The van der Waals surface area contributed by atoms with Crippen molar-refractivity contribution in [1.29, 1.82) is 0 Å². The van der Waals surface area contributed by atoms with Gasteiger partial charge in [-0.3, -0.25) is 9.59 Å². The zero-order chi connectivity index (χ0) is 13.0. The number of primary amides is 2. The second-order valence-corrected chi connectivity index (χ2v) is 4.18. The van der Waals surface area contributed by atoms with E-state index in [0.717, 1.165) is 0 Å². The van der Waals surface area contributed by atoms with Crippen LogP contribution in [0.4, 0.5) is 0 Å². The van der Waals surface area contributed by atoms with E-state index < -0.39 is 22.9 Å². The van der Waals surface area contributed by atoms with Crippen molar-refractivity contribution in [2.45, 2.75) is 51.6 Å². The Balaban J connectivity index is -0.00000112. The Labute approximate surface area is 120 Å². The maximum absolute atomic E-state index is 11.2. The molecule has 2 unspecified atom stereocenters. The Morgan fingerprint density at radius 1 is 0.889 bits per heavy atom. The zero-order valence-corrected chi connectivity index (χ0v) is 12.7. The molecule has 0 spiro atoms. The average molecular weight is 301 g/mol. The number of hydrogen-bond acceptors (Lipinski definition) is 4. The van der Waals surface area contributed by atoms with Crippen LogP contribution in [0.3, 0.4) is 0 Å². The molecule has 0 saturated carbocycles. The molecule has 108 valence electrons. The number of rotatable bonds is 6. The van der Waals surface area contributed by atoms with Gasteiger partial charge in [0, 0.05) is 0 Å². The molecule has 0 radical (unpaired) electrons. The second-order valence-electron chi connectivity index (χ2n) is 4.18. The molecule has 0 rings (SSSR count). The van der Waals surface area contributed by atoms with Crippen LogP contribution in [0, 0.1) is 0 Å². The van der Waals surface area contributed by atoms with Gasteiger partial charge < -0.3 is 11.5 Å². The van der Waals surface area contributed by atoms with E-state index in [2.05, 4.69) is 10.2 Å². The number of carbonyl (C=O) groups excluding carboxylic acids is 2. The predicted octanol–water partition coefficient (Wildman–Crippen LogP) is 1.59. The van der Waals surface area contributed by atoms with Crippen molar-refractivity contribution in [3.05, 3.63) is 0 Å². The van der Waals surface area contributed by atoms with Gasteiger partial charge in [0.05, 0.1) is 0 Å². The summed E-state index contributed by atoms with van der Waals surface area (Å²) in [5, 5.41) is 7.77. The van der Waals surface area contributed by atoms with E-state index in [0.29, 0.717) is 12.8 Å². The van der Waals surface area contributed by atoms with Crippen molar-refractivity contribution in [2.24, 2.45) is 21.7 Å². The first-order valence-corrected chi connectivity index (χ1v) is 5.25. The summed E-state index contributed by atoms with van der Waals surface area (Å²) in [4.78, 5) is 22.4. The summed E-state index contributed by atoms with van der Waals surface area (Å²) in [5.41, 5.74) is 8.28. The van der Waals surface area contributed by atoms with E-state index in [1.807, 2.05) is 0 Å². The first-order valence-electron chi connectivity index (χ1n) is 5.25. The van der Waals surface area contributed by atoms with Crippen molar-refractivity contribution >= 4 is 36.6 Å². The zero-order valence-electron chi connectivity index (χ0n) is 11.1. The molecule has 6 nitrogen and oxygen atoms in total. The molecule has 0 aliphatic heterocycles. The third-order valence-electron chi connectivity index (χ3n) is 2.93. The third kappa shape index (κ3) is 5.18. The normalized spacial score (nSPS) is 16.9. The number of hydrogen-bond donors (Lipinski definition) is 2. The Bertz CT molecular complexity index is 295. The fourth-order valence-electron chi connectivity index (χ4n) is 0.809. The van der Waals surface area contributed by atoms with Crippen LogP contribution in [0.1, 0.15) is 40.5 Å². The van der Waals surface area contributed by atoms with Crippen LogP contribution in [0.5, 0.6) is 0 Å². The molecule has 0 heterocycles. The first-order chi connectivity index (χ1) is 7.22. The van der Waals surface area contributed by atoms with E-state index >= 15 is 0 Å². The molecular formula is C10H22Cl2N4O2. The van der Waals surface area contributed by atoms with Crippen molar-refractivity contribution in [3.63, 3.8) is 0 Å². The van der Waals surface area contributed by atoms with Gasteiger partial charge in [-0.25, -0.2) is 0 Å². The molecule has 0 aromatic carbocycles. The highest BCUT2D eigenvalue weighted by Gasteiger charge is 2.33. The molecule has 0 aliphatic rings. The second kappa shape index (κ2) is 8.26. The number of carbonyl (C=O) groups is 2. The van der Waals surface area contributed by atoms with Gasteiger partial charge in [0.1, 0.15) is 0 Å². The van der Waals surface area contributed by atoms with Crippen LogP contribution in [-0.4, -0.2) is 22.9 Å². The molecule has 8 heteroatoms. The number of amides is 2. The average Bonchev–Trinajstić information content (AvgIpc) is 2.24. The molecule has 0 bridgehead atoms. The van der Waals surface area contributed by atoms with Crippen LogP contribution < -0.4 is 11.5 Å². The van der Waals surface area contributed by atoms with E-state index in [-0.39, 0.29) is 24.8 Å². The summed E-state index contributed by atoms with van der Waals surface area (Å²) in [5.74, 6) is -1.14. The van der Waals surface area contributed by atoms with Gasteiger partial charge in [-0.15, -0.1) is 24.8 Å². The molecule has 0 aliphatic carbocycles. The molecular weight excluding hydrogens is 279 g/mol. The minimum atomic E-state index is -1.08. The first kappa shape index (κ1) is 22.3. The van der Waals surface area contributed by atoms with Crippen molar-refractivity contribution < 1.29 is 9.59 Å². The van der Waals surface area contributed by atoms with Crippen molar-refractivity contribution in [1.82, 2.24) is 0 Å². The predicted molar refractivity (Wildman–Crippen MR) is 75.1 cm³/mol. The van der Waals surface area contributed by atoms with Crippen LogP contribution >= 0.6 is 24.8 Å². The Hall–Kier alpha value is -0.880. The van der Waals surface area contributed by atoms with E-state index in [1.54, 1.807) is 27.7 Å². The molecule has 2 amide bonds. The molecule has 0 aromatic rings. The monoisotopic (exact) mass is 300 g/mol. The molecule has 0 fully saturated rings. The SMILES string of the molecule is CCC(C)(/N=N/C(C)(CC)C(N)=O)C(N)=O.Cl.Cl. The Morgan fingerprint density at radius 2 is 1.11 bits per heavy atom. The van der Waals surface area contributed by atoms with Gasteiger partial charge in [-0.05, 0) is 26.7 Å². The standard InChI is InChI=1S/C10H20N4O2.2ClH/c1-5-9(3,7(11)15)13-14-10(4,6-2)8(12)16;;/h5-6H2,1-4H3,(H2,11,15)(H2,12,16);2*1H/b14-13+;;. The highest BCUT2D eigenvalue weighted by Crippen LogP contribution is 2.21. The lowest BCUT2D eigenvalue weighted by Crippen LogP contribution is -2.42. The van der Waals surface area contributed by atoms with Crippen LogP contribution in [0.25, 0.3) is 0 Å². The van der Waals surface area contributed by atoms with E-state index in [4.69, 9.17) is 11.5 Å². The summed E-state index contributed by atoms with van der Waals surface area (Å²) < 4.78 is 0. The number of nitrogens with zero attached hydrogens (tertiary/aromatic N) is 2. The lowest BCUT2D eigenvalue weighted by atomic mass is 9.98. The van der Waals surface area contributed by atoms with Gasteiger partial charge in [0.25, 0.3) is 0 Å². The molecule has 0 aromatic heterocycles. The summed E-state index contributed by atoms with van der Waals surface area (Å²) >= 11 is 0. The maximum atomic E-state index is 11.2. The van der Waals surface area contributed by atoms with Gasteiger partial charge >= 0.3 is 0 Å². The summed E-state index contributed by atoms with van der Waals surface area (Å²) in [6.45, 7) is 6.71. The highest BCUT2D eigenvalue weighted by molar-refractivity contribution is 5.86. The fraction of sp³-hybridized carbons (Fsp3) is 0.800. The number of halogens is 2. The van der Waals surface area contributed by atoms with Crippen LogP contribution in [0.2, 0.25) is 0 Å². The van der Waals surface area contributed by atoms with Gasteiger partial charge in [0.15, 0.2) is 11.1 Å². The third-order valence-corrected chi connectivity index (χ3v) is 2.93. The quantitative estimate of drug-likeness (QED) is 0.726. The minimum absolute atomic E-state index is 0. The molecule has 4 N–H and O–H groups in total. The summed E-state index contributed by atoms with van der Waals surface area (Å²) in [7, 11) is 0. The van der Waals surface area contributed by atoms with Gasteiger partial charge in [0.2, 0.25) is 11.8 Å². The van der Waals surface area contributed by atoms with Crippen molar-refractivity contribution in [3.8, 4) is 0 Å². The summed E-state index contributed by atoms with van der Waals surface area (Å²) in [6, 6.07) is 0. The Kier molecular flexibility index (Phi) is 10.2. The number of nitrogens with two attached hydrogens (primary N) is 2. The topological polar surface area (TPSA) is 111 Å². The highest BCUT2D eigenvalue weighted by atomic mass is 35.5. The summed E-state index contributed by atoms with van der Waals surface area (Å²) in [6.07, 6.45) is 0.842. The van der Waals surface area contributed by atoms with E-state index in [1.165, 1.54) is 0 Å². The van der Waals surface area contributed by atoms with Gasteiger partial charge in [-0.1, -0.05) is 13.8 Å². The van der Waals surface area contributed by atoms with Gasteiger partial charge in [-0.2, -0.15) is 10.2 Å². The fourth-order valence-corrected chi connectivity index (χ4v) is 0.809. The maximum Gasteiger partial charge on any atom is 0.246 e. The molecule has 0 saturated heterocycles. The largest absolute Gasteiger partial charge is 0.368 e. The lowest BCUT2D eigenvalue weighted by molar-refractivity contribution is -0.124. The van der Waals surface area contributed by atoms with E-state index in [9.17, 15) is 9.59 Å². The number of azo groups is 1.